The molecule has 21 heavy (non-hydrogen) atoms. The van der Waals surface area contributed by atoms with Gasteiger partial charge in [-0.15, -0.1) is 0 Å². The fourth-order valence-corrected chi connectivity index (χ4v) is 1.55. The lowest BCUT2D eigenvalue weighted by Gasteiger charge is -2.20. The Morgan fingerprint density at radius 2 is 2.19 bits per heavy atom. The van der Waals surface area contributed by atoms with E-state index in [4.69, 9.17) is 5.11 Å². The zero-order valence-corrected chi connectivity index (χ0v) is 11.8. The smallest absolute Gasteiger partial charge is 0.326 e. The number of carboxylic acids is 1. The quantitative estimate of drug-likeness (QED) is 0.728. The summed E-state index contributed by atoms with van der Waals surface area (Å²) in [5.74, 6) is -2.01. The van der Waals surface area contributed by atoms with Crippen LogP contribution < -0.4 is 5.32 Å². The maximum Gasteiger partial charge on any atom is 0.326 e. The largest absolute Gasteiger partial charge is 0.480 e. The van der Waals surface area contributed by atoms with Gasteiger partial charge in [-0.05, 0) is 11.6 Å². The molecule has 1 rings (SSSR count). The number of carboxylic acid groups (broad SMARTS) is 1. The van der Waals surface area contributed by atoms with E-state index in [1.54, 1.807) is 24.5 Å². The predicted octanol–water partition coefficient (Wildman–Crippen LogP) is 0.239. The fourth-order valence-electron chi connectivity index (χ4n) is 1.55. The van der Waals surface area contributed by atoms with Crippen molar-refractivity contribution in [2.24, 2.45) is 0 Å². The number of nitrogens with one attached hydrogen (secondary N) is 1. The highest BCUT2D eigenvalue weighted by atomic mass is 16.5. The van der Waals surface area contributed by atoms with Gasteiger partial charge in [0.2, 0.25) is 0 Å². The molecule has 1 heterocycles. The van der Waals surface area contributed by atoms with Gasteiger partial charge in [-0.1, -0.05) is 6.07 Å². The number of hydrogen-bond acceptors (Lipinski definition) is 5. The summed E-state index contributed by atoms with van der Waals surface area (Å²) >= 11 is 0. The number of rotatable bonds is 6. The number of methoxy groups -OCH3 is 1. The highest BCUT2D eigenvalue weighted by Crippen LogP contribution is 2.02. The zero-order chi connectivity index (χ0) is 15.8. The van der Waals surface area contributed by atoms with Gasteiger partial charge in [0.15, 0.2) is 0 Å². The van der Waals surface area contributed by atoms with E-state index in [1.807, 2.05) is 0 Å². The van der Waals surface area contributed by atoms with Crippen molar-refractivity contribution in [1.29, 1.82) is 0 Å². The van der Waals surface area contributed by atoms with Gasteiger partial charge in [-0.3, -0.25) is 9.78 Å². The van der Waals surface area contributed by atoms with Gasteiger partial charge in [-0.2, -0.15) is 0 Å². The van der Waals surface area contributed by atoms with E-state index in [2.05, 4.69) is 15.0 Å². The molecule has 0 bridgehead atoms. The molecule has 0 unspecified atom stereocenters. The first-order valence-corrected chi connectivity index (χ1v) is 6.14. The highest BCUT2D eigenvalue weighted by Gasteiger charge is 2.25. The summed E-state index contributed by atoms with van der Waals surface area (Å²) in [4.78, 5) is 39.3. The zero-order valence-electron chi connectivity index (χ0n) is 11.8. The number of amides is 2. The Morgan fingerprint density at radius 3 is 2.71 bits per heavy atom. The first-order valence-electron chi connectivity index (χ1n) is 6.14. The third-order valence-electron chi connectivity index (χ3n) is 2.68. The lowest BCUT2D eigenvalue weighted by Crippen LogP contribution is -2.47. The molecular formula is C13H17N3O5. The minimum Gasteiger partial charge on any atom is -0.480 e. The molecule has 0 aliphatic carbocycles. The third kappa shape index (κ3) is 5.47. The molecule has 8 heteroatoms. The van der Waals surface area contributed by atoms with Gasteiger partial charge in [0.1, 0.15) is 6.04 Å². The molecular weight excluding hydrogens is 278 g/mol. The van der Waals surface area contributed by atoms with E-state index in [1.165, 1.54) is 11.9 Å². The van der Waals surface area contributed by atoms with Crippen molar-refractivity contribution in [3.63, 3.8) is 0 Å². The Hall–Kier alpha value is -2.64. The Bertz CT molecular complexity index is 506. The van der Waals surface area contributed by atoms with Crippen LogP contribution in [0.15, 0.2) is 24.5 Å². The first-order chi connectivity index (χ1) is 9.93. The average Bonchev–Trinajstić information content (AvgIpc) is 2.47. The third-order valence-corrected chi connectivity index (χ3v) is 2.68. The number of esters is 1. The summed E-state index contributed by atoms with van der Waals surface area (Å²) in [6.07, 6.45) is 2.78. The van der Waals surface area contributed by atoms with Gasteiger partial charge in [-0.25, -0.2) is 9.59 Å². The molecule has 8 nitrogen and oxygen atoms in total. The van der Waals surface area contributed by atoms with Crippen LogP contribution in [0.3, 0.4) is 0 Å². The van der Waals surface area contributed by atoms with E-state index in [0.717, 1.165) is 12.7 Å². The van der Waals surface area contributed by atoms with Gasteiger partial charge in [0.05, 0.1) is 13.5 Å². The van der Waals surface area contributed by atoms with Crippen LogP contribution in [0.1, 0.15) is 12.0 Å². The lowest BCUT2D eigenvalue weighted by atomic mass is 10.2. The maximum atomic E-state index is 11.9. The molecule has 1 atom stereocenters. The second kappa shape index (κ2) is 7.83. The molecule has 0 fully saturated rings. The van der Waals surface area contributed by atoms with Gasteiger partial charge in [0.25, 0.3) is 0 Å². The molecule has 2 amide bonds. The fraction of sp³-hybridized carbons (Fsp3) is 0.385. The average molecular weight is 295 g/mol. The van der Waals surface area contributed by atoms with Gasteiger partial charge in [0, 0.05) is 26.0 Å². The molecule has 2 N–H and O–H groups in total. The van der Waals surface area contributed by atoms with E-state index in [-0.39, 0.29) is 6.54 Å². The van der Waals surface area contributed by atoms with Crippen molar-refractivity contribution in [2.45, 2.75) is 19.0 Å². The number of aromatic nitrogens is 1. The summed E-state index contributed by atoms with van der Waals surface area (Å²) in [7, 11) is 2.66. The summed E-state index contributed by atoms with van der Waals surface area (Å²) in [6, 6.07) is 1.59. The van der Waals surface area contributed by atoms with Crippen LogP contribution in [0.2, 0.25) is 0 Å². The second-order valence-electron chi connectivity index (χ2n) is 4.34. The summed E-state index contributed by atoms with van der Waals surface area (Å²) in [5.41, 5.74) is 0.801. The molecule has 1 aromatic rings. The Balaban J connectivity index is 2.60. The Labute approximate surface area is 121 Å². The second-order valence-corrected chi connectivity index (χ2v) is 4.34. The number of hydrogen-bond donors (Lipinski definition) is 2. The van der Waals surface area contributed by atoms with Crippen molar-refractivity contribution in [3.05, 3.63) is 30.1 Å². The number of carbonyl (C=O) groups is 3. The van der Waals surface area contributed by atoms with Crippen molar-refractivity contribution in [2.75, 3.05) is 14.2 Å². The maximum absolute atomic E-state index is 11.9. The van der Waals surface area contributed by atoms with Crippen LogP contribution in [-0.4, -0.2) is 53.2 Å². The summed E-state index contributed by atoms with van der Waals surface area (Å²) in [5, 5.41) is 11.3. The molecule has 0 aromatic carbocycles. The van der Waals surface area contributed by atoms with Crippen LogP contribution >= 0.6 is 0 Å². The van der Waals surface area contributed by atoms with Gasteiger partial charge < -0.3 is 20.1 Å². The predicted molar refractivity (Wildman–Crippen MR) is 72.3 cm³/mol. The van der Waals surface area contributed by atoms with E-state index in [0.29, 0.717) is 0 Å². The molecule has 1 aromatic heterocycles. The molecule has 0 radical (unpaired) electrons. The van der Waals surface area contributed by atoms with Crippen LogP contribution in [-0.2, 0) is 20.9 Å². The van der Waals surface area contributed by atoms with Crippen molar-refractivity contribution in [1.82, 2.24) is 15.2 Å². The number of carbonyl (C=O) groups excluding carboxylic acids is 2. The van der Waals surface area contributed by atoms with Crippen LogP contribution in [0, 0.1) is 0 Å². The Kier molecular flexibility index (Phi) is 6.12. The standard InChI is InChI=1S/C13H17N3O5/c1-16(8-9-4-3-5-14-7-9)13(20)15-10(12(18)19)6-11(17)21-2/h3-5,7,10H,6,8H2,1-2H3,(H,15,20)(H,18,19)/t10-/m0/s1. The van der Waals surface area contributed by atoms with Crippen LogP contribution in [0.4, 0.5) is 4.79 Å². The molecule has 114 valence electrons. The van der Waals surface area contributed by atoms with Crippen LogP contribution in [0.5, 0.6) is 0 Å². The molecule has 0 spiro atoms. The minimum atomic E-state index is -1.33. The molecule has 0 aliphatic heterocycles. The topological polar surface area (TPSA) is 109 Å². The van der Waals surface area contributed by atoms with Crippen molar-refractivity contribution >= 4 is 18.0 Å². The highest BCUT2D eigenvalue weighted by molar-refractivity contribution is 5.86. The van der Waals surface area contributed by atoms with Crippen molar-refractivity contribution < 1.29 is 24.2 Å². The lowest BCUT2D eigenvalue weighted by molar-refractivity contribution is -0.147. The van der Waals surface area contributed by atoms with E-state index < -0.39 is 30.4 Å². The number of ether oxygens (including phenoxy) is 1. The molecule has 0 saturated carbocycles. The normalized spacial score (nSPS) is 11.3. The van der Waals surface area contributed by atoms with Crippen molar-refractivity contribution in [3.8, 4) is 0 Å². The number of pyridine rings is 1. The monoisotopic (exact) mass is 295 g/mol. The molecule has 0 aliphatic rings. The van der Waals surface area contributed by atoms with Crippen LogP contribution in [0.25, 0.3) is 0 Å². The Morgan fingerprint density at radius 1 is 1.48 bits per heavy atom. The number of nitrogens with zero attached hydrogens (tertiary/aromatic N) is 2. The molecule has 0 saturated heterocycles. The minimum absolute atomic E-state index is 0.268. The first kappa shape index (κ1) is 16.4. The van der Waals surface area contributed by atoms with E-state index >= 15 is 0 Å². The number of urea groups is 1. The SMILES string of the molecule is COC(=O)C[C@H](NC(=O)N(C)Cc1cccnc1)C(=O)O. The van der Waals surface area contributed by atoms with Gasteiger partial charge >= 0.3 is 18.0 Å². The summed E-state index contributed by atoms with van der Waals surface area (Å²) < 4.78 is 4.39. The van der Waals surface area contributed by atoms with E-state index in [9.17, 15) is 14.4 Å². The number of aliphatic carboxylic acids is 1. The summed E-state index contributed by atoms with van der Waals surface area (Å²) in [6.45, 7) is 0.268.